The average Bonchev–Trinajstić information content (AvgIpc) is 2.67. The first-order chi connectivity index (χ1) is 13.5. The number of nitrogens with one attached hydrogen (secondary N) is 3. The number of guanidine groups is 1. The number of aliphatic imine (C=N–C) groups is 1. The Hall–Kier alpha value is -3.09. The van der Waals surface area contributed by atoms with E-state index >= 15 is 0 Å². The molecule has 2 aromatic carbocycles. The lowest BCUT2D eigenvalue weighted by molar-refractivity contribution is 0.0977. The third-order valence-corrected chi connectivity index (χ3v) is 4.16. The minimum atomic E-state index is -0.368. The van der Waals surface area contributed by atoms with Gasteiger partial charge in [-0.3, -0.25) is 14.9 Å². The maximum absolute atomic E-state index is 12.5. The van der Waals surface area contributed by atoms with Crippen molar-refractivity contribution in [3.63, 3.8) is 0 Å². The highest BCUT2D eigenvalue weighted by Gasteiger charge is 2.10. The Bertz CT molecular complexity index is 1060. The topological polar surface area (TPSA) is 86.3 Å². The Labute approximate surface area is 171 Å². The summed E-state index contributed by atoms with van der Waals surface area (Å²) in [5.74, 6) is 0.211. The molecule has 8 heteroatoms. The normalized spacial score (nSPS) is 11.1. The van der Waals surface area contributed by atoms with Gasteiger partial charge in [-0.1, -0.05) is 41.4 Å². The van der Waals surface area contributed by atoms with Crippen LogP contribution in [0.25, 0.3) is 0 Å². The smallest absolute Gasteiger partial charge is 0.257 e. The summed E-state index contributed by atoms with van der Waals surface area (Å²) in [4.78, 5) is 31.1. The number of amides is 1. The molecule has 0 saturated carbocycles. The number of hydrogen-bond donors (Lipinski definition) is 3. The van der Waals surface area contributed by atoms with E-state index in [-0.39, 0.29) is 24.0 Å². The van der Waals surface area contributed by atoms with Crippen LogP contribution in [0.15, 0.2) is 76.5 Å². The first kappa shape index (κ1) is 19.7. The number of nitrogens with zero attached hydrogens (tertiary/aromatic N) is 1. The van der Waals surface area contributed by atoms with E-state index in [2.05, 4.69) is 20.6 Å². The fraction of sp³-hybridized carbons (Fsp3) is 0.0500. The fourth-order valence-corrected chi connectivity index (χ4v) is 2.68. The van der Waals surface area contributed by atoms with Gasteiger partial charge in [0, 0.05) is 21.7 Å². The number of halogens is 2. The number of hydrogen-bond acceptors (Lipinski definition) is 3. The van der Waals surface area contributed by atoms with E-state index in [0.717, 1.165) is 5.56 Å². The van der Waals surface area contributed by atoms with Crippen molar-refractivity contribution >= 4 is 40.9 Å². The second kappa shape index (κ2) is 9.21. The molecule has 0 spiro atoms. The molecular formula is C20H16Cl2N4O2. The SMILES string of the molecule is O=C(NC(=NCc1cccc(Cl)c1)Nc1cccc(=O)[nH]1)c1ccc(Cl)cc1. The van der Waals surface area contributed by atoms with Crippen molar-refractivity contribution in [1.82, 2.24) is 10.3 Å². The standard InChI is InChI=1S/C20H16Cl2N4O2/c21-15-9-7-14(8-10-15)19(28)26-20(25-17-5-2-6-18(27)24-17)23-12-13-3-1-4-16(22)11-13/h1-11H,12H2,(H3,23,24,25,26,27,28). The first-order valence-electron chi connectivity index (χ1n) is 8.32. The van der Waals surface area contributed by atoms with Gasteiger partial charge in [0.1, 0.15) is 5.82 Å². The van der Waals surface area contributed by atoms with Gasteiger partial charge in [0.15, 0.2) is 0 Å². The maximum atomic E-state index is 12.5. The Kier molecular flexibility index (Phi) is 6.47. The molecule has 0 radical (unpaired) electrons. The molecular weight excluding hydrogens is 399 g/mol. The van der Waals surface area contributed by atoms with Crippen LogP contribution in [-0.4, -0.2) is 16.9 Å². The van der Waals surface area contributed by atoms with Crippen LogP contribution in [0.2, 0.25) is 10.0 Å². The predicted molar refractivity (Wildman–Crippen MR) is 112 cm³/mol. The molecule has 0 fully saturated rings. The monoisotopic (exact) mass is 414 g/mol. The molecule has 0 atom stereocenters. The van der Waals surface area contributed by atoms with Gasteiger partial charge in [-0.2, -0.15) is 0 Å². The number of carbonyl (C=O) groups excluding carboxylic acids is 1. The Morgan fingerprint density at radius 2 is 1.71 bits per heavy atom. The van der Waals surface area contributed by atoms with Gasteiger partial charge in [-0.15, -0.1) is 0 Å². The van der Waals surface area contributed by atoms with Crippen LogP contribution in [0.4, 0.5) is 5.82 Å². The van der Waals surface area contributed by atoms with Gasteiger partial charge < -0.3 is 10.3 Å². The second-order valence-corrected chi connectivity index (χ2v) is 6.68. The van der Waals surface area contributed by atoms with Crippen LogP contribution in [0, 0.1) is 0 Å². The van der Waals surface area contributed by atoms with Gasteiger partial charge >= 0.3 is 0 Å². The number of H-pyrrole nitrogens is 1. The molecule has 142 valence electrons. The van der Waals surface area contributed by atoms with Crippen molar-refractivity contribution < 1.29 is 4.79 Å². The highest BCUT2D eigenvalue weighted by molar-refractivity contribution is 6.31. The molecule has 3 N–H and O–H groups in total. The summed E-state index contributed by atoms with van der Waals surface area (Å²) in [6, 6.07) is 18.4. The zero-order chi connectivity index (χ0) is 19.9. The predicted octanol–water partition coefficient (Wildman–Crippen LogP) is 4.08. The summed E-state index contributed by atoms with van der Waals surface area (Å²) in [7, 11) is 0. The van der Waals surface area contributed by atoms with E-state index < -0.39 is 0 Å². The van der Waals surface area contributed by atoms with E-state index in [9.17, 15) is 9.59 Å². The van der Waals surface area contributed by atoms with E-state index in [1.165, 1.54) is 6.07 Å². The number of aromatic amines is 1. The van der Waals surface area contributed by atoms with E-state index in [4.69, 9.17) is 23.2 Å². The molecule has 0 bridgehead atoms. The molecule has 28 heavy (non-hydrogen) atoms. The van der Waals surface area contributed by atoms with Crippen molar-refractivity contribution in [1.29, 1.82) is 0 Å². The second-order valence-electron chi connectivity index (χ2n) is 5.81. The van der Waals surface area contributed by atoms with E-state index in [0.29, 0.717) is 21.4 Å². The third kappa shape index (κ3) is 5.70. The lowest BCUT2D eigenvalue weighted by atomic mass is 10.2. The Morgan fingerprint density at radius 1 is 0.964 bits per heavy atom. The van der Waals surface area contributed by atoms with Crippen molar-refractivity contribution in [2.24, 2.45) is 4.99 Å². The first-order valence-corrected chi connectivity index (χ1v) is 9.07. The molecule has 0 unspecified atom stereocenters. The largest absolute Gasteiger partial charge is 0.312 e. The summed E-state index contributed by atoms with van der Waals surface area (Å²) in [6.07, 6.45) is 0. The molecule has 1 heterocycles. The number of aromatic nitrogens is 1. The lowest BCUT2D eigenvalue weighted by Gasteiger charge is -2.12. The average molecular weight is 415 g/mol. The molecule has 1 aromatic heterocycles. The quantitative estimate of drug-likeness (QED) is 0.443. The zero-order valence-electron chi connectivity index (χ0n) is 14.6. The van der Waals surface area contributed by atoms with Crippen molar-refractivity contribution in [2.45, 2.75) is 6.54 Å². The van der Waals surface area contributed by atoms with Gasteiger partial charge in [0.05, 0.1) is 6.54 Å². The summed E-state index contributed by atoms with van der Waals surface area (Å²) >= 11 is 11.9. The summed E-state index contributed by atoms with van der Waals surface area (Å²) < 4.78 is 0. The van der Waals surface area contributed by atoms with E-state index in [1.807, 2.05) is 12.1 Å². The molecule has 0 aliphatic heterocycles. The summed E-state index contributed by atoms with van der Waals surface area (Å²) in [5, 5.41) is 6.76. The van der Waals surface area contributed by atoms with Gasteiger partial charge in [0.25, 0.3) is 5.91 Å². The molecule has 3 rings (SSSR count). The Balaban J connectivity index is 1.82. The minimum absolute atomic E-state index is 0.182. The number of pyridine rings is 1. The highest BCUT2D eigenvalue weighted by Crippen LogP contribution is 2.12. The summed E-state index contributed by atoms with van der Waals surface area (Å²) in [6.45, 7) is 0.279. The van der Waals surface area contributed by atoms with Gasteiger partial charge in [0.2, 0.25) is 11.5 Å². The molecule has 0 aliphatic rings. The Morgan fingerprint density at radius 3 is 2.43 bits per heavy atom. The molecule has 0 saturated heterocycles. The van der Waals surface area contributed by atoms with Crippen molar-refractivity contribution in [2.75, 3.05) is 5.32 Å². The lowest BCUT2D eigenvalue weighted by Crippen LogP contribution is -2.36. The number of anilines is 1. The zero-order valence-corrected chi connectivity index (χ0v) is 16.1. The molecule has 6 nitrogen and oxygen atoms in total. The van der Waals surface area contributed by atoms with Crippen LogP contribution < -0.4 is 16.2 Å². The number of benzene rings is 2. The van der Waals surface area contributed by atoms with Crippen LogP contribution >= 0.6 is 23.2 Å². The highest BCUT2D eigenvalue weighted by atomic mass is 35.5. The number of carbonyl (C=O) groups is 1. The van der Waals surface area contributed by atoms with Crippen LogP contribution in [0.1, 0.15) is 15.9 Å². The number of rotatable bonds is 4. The molecule has 1 amide bonds. The van der Waals surface area contributed by atoms with Gasteiger partial charge in [-0.05, 0) is 48.0 Å². The van der Waals surface area contributed by atoms with Crippen molar-refractivity contribution in [3.05, 3.63) is 98.3 Å². The van der Waals surface area contributed by atoms with Crippen LogP contribution in [0.5, 0.6) is 0 Å². The van der Waals surface area contributed by atoms with Crippen molar-refractivity contribution in [3.8, 4) is 0 Å². The minimum Gasteiger partial charge on any atom is -0.312 e. The molecule has 3 aromatic rings. The summed E-state index contributed by atoms with van der Waals surface area (Å²) in [5.41, 5.74) is 1.01. The van der Waals surface area contributed by atoms with Gasteiger partial charge in [-0.25, -0.2) is 4.99 Å². The molecule has 0 aliphatic carbocycles. The fourth-order valence-electron chi connectivity index (χ4n) is 2.35. The van der Waals surface area contributed by atoms with E-state index in [1.54, 1.807) is 48.5 Å². The maximum Gasteiger partial charge on any atom is 0.257 e. The van der Waals surface area contributed by atoms with Crippen LogP contribution in [-0.2, 0) is 6.54 Å². The third-order valence-electron chi connectivity index (χ3n) is 3.67. The van der Waals surface area contributed by atoms with Crippen LogP contribution in [0.3, 0.4) is 0 Å².